The van der Waals surface area contributed by atoms with E-state index >= 15 is 0 Å². The van der Waals surface area contributed by atoms with Crippen molar-refractivity contribution < 1.29 is 13.9 Å². The summed E-state index contributed by atoms with van der Waals surface area (Å²) in [5.74, 6) is 0.114. The Kier molecular flexibility index (Phi) is 5.17. The molecule has 2 heterocycles. The average molecular weight is 399 g/mol. The number of rotatable bonds is 4. The number of piperazine rings is 1. The molecule has 28 heavy (non-hydrogen) atoms. The van der Waals surface area contributed by atoms with Gasteiger partial charge in [-0.3, -0.25) is 4.79 Å². The van der Waals surface area contributed by atoms with Crippen molar-refractivity contribution in [2.75, 3.05) is 37.7 Å². The van der Waals surface area contributed by atoms with E-state index in [9.17, 15) is 9.18 Å². The number of carbonyl (C=O) groups excluding carboxylic acids is 1. The van der Waals surface area contributed by atoms with Gasteiger partial charge in [0, 0.05) is 26.2 Å². The number of aryl methyl sites for hydroxylation is 2. The Morgan fingerprint density at radius 2 is 1.86 bits per heavy atom. The molecular weight excluding hydrogens is 377 g/mol. The van der Waals surface area contributed by atoms with Gasteiger partial charge in [0.2, 0.25) is 0 Å². The highest BCUT2D eigenvalue weighted by Gasteiger charge is 2.23. The van der Waals surface area contributed by atoms with Crippen LogP contribution in [-0.4, -0.2) is 48.6 Å². The molecule has 0 spiro atoms. The SMILES string of the molecule is Cc1cc(C)c2sc(N3CCN(C(=O)COc4ccc(F)cc4)CC3)nc2c1. The first-order valence-corrected chi connectivity index (χ1v) is 10.1. The Labute approximate surface area is 167 Å². The lowest BCUT2D eigenvalue weighted by atomic mass is 10.1. The number of aromatic nitrogens is 1. The second-order valence-corrected chi connectivity index (χ2v) is 8.01. The highest BCUT2D eigenvalue weighted by molar-refractivity contribution is 7.22. The van der Waals surface area contributed by atoms with Crippen LogP contribution in [0.1, 0.15) is 11.1 Å². The van der Waals surface area contributed by atoms with Gasteiger partial charge >= 0.3 is 0 Å². The quantitative estimate of drug-likeness (QED) is 0.670. The number of amides is 1. The number of nitrogens with zero attached hydrogens (tertiary/aromatic N) is 3. The lowest BCUT2D eigenvalue weighted by Crippen LogP contribution is -2.50. The first kappa shape index (κ1) is 18.7. The third-order valence-corrected chi connectivity index (χ3v) is 6.15. The summed E-state index contributed by atoms with van der Waals surface area (Å²) in [4.78, 5) is 21.2. The van der Waals surface area contributed by atoms with Crippen LogP contribution in [0.5, 0.6) is 5.75 Å². The molecule has 1 aliphatic heterocycles. The Hall–Kier alpha value is -2.67. The number of halogens is 1. The zero-order valence-corrected chi connectivity index (χ0v) is 16.8. The highest BCUT2D eigenvalue weighted by atomic mass is 32.1. The van der Waals surface area contributed by atoms with Crippen molar-refractivity contribution in [3.05, 3.63) is 53.3 Å². The third-order valence-electron chi connectivity index (χ3n) is 4.89. The summed E-state index contributed by atoms with van der Waals surface area (Å²) in [6.45, 7) is 6.95. The van der Waals surface area contributed by atoms with E-state index in [2.05, 4.69) is 30.9 Å². The predicted molar refractivity (Wildman–Crippen MR) is 110 cm³/mol. The van der Waals surface area contributed by atoms with E-state index in [1.165, 1.54) is 40.1 Å². The van der Waals surface area contributed by atoms with E-state index in [4.69, 9.17) is 9.72 Å². The van der Waals surface area contributed by atoms with Crippen LogP contribution in [0.25, 0.3) is 10.2 Å². The maximum absolute atomic E-state index is 12.9. The van der Waals surface area contributed by atoms with Gasteiger partial charge in [-0.1, -0.05) is 17.4 Å². The van der Waals surface area contributed by atoms with Crippen LogP contribution in [-0.2, 0) is 4.79 Å². The first-order valence-electron chi connectivity index (χ1n) is 9.28. The van der Waals surface area contributed by atoms with E-state index in [1.54, 1.807) is 11.3 Å². The van der Waals surface area contributed by atoms with Crippen LogP contribution in [0.4, 0.5) is 9.52 Å². The summed E-state index contributed by atoms with van der Waals surface area (Å²) in [5.41, 5.74) is 3.52. The number of hydrogen-bond acceptors (Lipinski definition) is 5. The van der Waals surface area contributed by atoms with Gasteiger partial charge in [0.05, 0.1) is 10.2 Å². The number of benzene rings is 2. The smallest absolute Gasteiger partial charge is 0.260 e. The van der Waals surface area contributed by atoms with Crippen molar-refractivity contribution >= 4 is 32.6 Å². The average Bonchev–Trinajstić information content (AvgIpc) is 3.12. The fraction of sp³-hybridized carbons (Fsp3) is 0.333. The molecule has 3 aromatic rings. The van der Waals surface area contributed by atoms with Crippen LogP contribution in [0.15, 0.2) is 36.4 Å². The number of carbonyl (C=O) groups is 1. The molecule has 4 rings (SSSR count). The van der Waals surface area contributed by atoms with Crippen molar-refractivity contribution in [3.8, 4) is 5.75 Å². The maximum atomic E-state index is 12.9. The molecule has 1 fully saturated rings. The summed E-state index contributed by atoms with van der Waals surface area (Å²) in [6.07, 6.45) is 0. The normalized spacial score (nSPS) is 14.5. The zero-order chi connectivity index (χ0) is 19.7. The van der Waals surface area contributed by atoms with Crippen molar-refractivity contribution in [3.63, 3.8) is 0 Å². The van der Waals surface area contributed by atoms with Crippen LogP contribution in [0.3, 0.4) is 0 Å². The highest BCUT2D eigenvalue weighted by Crippen LogP contribution is 2.32. The molecule has 0 aliphatic carbocycles. The summed E-state index contributed by atoms with van der Waals surface area (Å²) >= 11 is 1.71. The van der Waals surface area contributed by atoms with Crippen LogP contribution >= 0.6 is 11.3 Å². The molecule has 2 aromatic carbocycles. The molecule has 0 saturated carbocycles. The number of thiazole rings is 1. The van der Waals surface area contributed by atoms with Gasteiger partial charge in [-0.05, 0) is 55.3 Å². The molecule has 1 aromatic heterocycles. The minimum absolute atomic E-state index is 0.0365. The van der Waals surface area contributed by atoms with Gasteiger partial charge < -0.3 is 14.5 Å². The molecule has 7 heteroatoms. The molecule has 0 unspecified atom stereocenters. The molecule has 146 valence electrons. The monoisotopic (exact) mass is 399 g/mol. The standard InChI is InChI=1S/C21H22FN3O2S/c1-14-11-15(2)20-18(12-14)23-21(28-20)25-9-7-24(8-10-25)19(26)13-27-17-5-3-16(22)4-6-17/h3-6,11-12H,7-10,13H2,1-2H3. The molecule has 1 saturated heterocycles. The van der Waals surface area contributed by atoms with E-state index < -0.39 is 0 Å². The van der Waals surface area contributed by atoms with Crippen molar-refractivity contribution in [1.29, 1.82) is 0 Å². The number of hydrogen-bond donors (Lipinski definition) is 0. The van der Waals surface area contributed by atoms with E-state index in [0.29, 0.717) is 18.8 Å². The summed E-state index contributed by atoms with van der Waals surface area (Å²) in [5, 5.41) is 1.01. The van der Waals surface area contributed by atoms with Gasteiger partial charge in [-0.15, -0.1) is 0 Å². The zero-order valence-electron chi connectivity index (χ0n) is 15.9. The molecular formula is C21H22FN3O2S. The van der Waals surface area contributed by atoms with Crippen molar-refractivity contribution in [2.45, 2.75) is 13.8 Å². The van der Waals surface area contributed by atoms with Crippen LogP contribution in [0.2, 0.25) is 0 Å². The summed E-state index contributed by atoms with van der Waals surface area (Å²) < 4.78 is 19.6. The molecule has 0 N–H and O–H groups in total. The number of ether oxygens (including phenoxy) is 1. The molecule has 0 radical (unpaired) electrons. The number of fused-ring (bicyclic) bond motifs is 1. The summed E-state index contributed by atoms with van der Waals surface area (Å²) in [6, 6.07) is 9.99. The number of anilines is 1. The maximum Gasteiger partial charge on any atom is 0.260 e. The van der Waals surface area contributed by atoms with E-state index in [0.717, 1.165) is 23.7 Å². The Balaban J connectivity index is 1.34. The fourth-order valence-corrected chi connectivity index (χ4v) is 4.48. The topological polar surface area (TPSA) is 45.7 Å². The Morgan fingerprint density at radius 3 is 2.57 bits per heavy atom. The van der Waals surface area contributed by atoms with E-state index in [1.807, 2.05) is 4.90 Å². The Bertz CT molecular complexity index is 995. The molecule has 1 amide bonds. The lowest BCUT2D eigenvalue weighted by Gasteiger charge is -2.34. The third kappa shape index (κ3) is 3.94. The van der Waals surface area contributed by atoms with Gasteiger partial charge in [-0.25, -0.2) is 9.37 Å². The summed E-state index contributed by atoms with van der Waals surface area (Å²) in [7, 11) is 0. The Morgan fingerprint density at radius 1 is 1.14 bits per heavy atom. The van der Waals surface area contributed by atoms with Gasteiger partial charge in [0.15, 0.2) is 11.7 Å². The van der Waals surface area contributed by atoms with Crippen LogP contribution < -0.4 is 9.64 Å². The predicted octanol–water partition coefficient (Wildman–Crippen LogP) is 3.78. The van der Waals surface area contributed by atoms with E-state index in [-0.39, 0.29) is 18.3 Å². The second-order valence-electron chi connectivity index (χ2n) is 7.04. The lowest BCUT2D eigenvalue weighted by molar-refractivity contribution is -0.133. The first-order chi connectivity index (χ1) is 13.5. The van der Waals surface area contributed by atoms with Crippen molar-refractivity contribution in [2.24, 2.45) is 0 Å². The van der Waals surface area contributed by atoms with Crippen molar-refractivity contribution in [1.82, 2.24) is 9.88 Å². The molecule has 0 atom stereocenters. The second kappa shape index (κ2) is 7.75. The fourth-order valence-electron chi connectivity index (χ4n) is 3.41. The molecule has 1 aliphatic rings. The molecule has 5 nitrogen and oxygen atoms in total. The van der Waals surface area contributed by atoms with Gasteiger partial charge in [0.1, 0.15) is 11.6 Å². The van der Waals surface area contributed by atoms with Gasteiger partial charge in [0.25, 0.3) is 5.91 Å². The molecule has 0 bridgehead atoms. The van der Waals surface area contributed by atoms with Crippen LogP contribution in [0, 0.1) is 19.7 Å². The minimum Gasteiger partial charge on any atom is -0.484 e. The minimum atomic E-state index is -0.324. The van der Waals surface area contributed by atoms with Gasteiger partial charge in [-0.2, -0.15) is 0 Å². The largest absolute Gasteiger partial charge is 0.484 e.